The van der Waals surface area contributed by atoms with E-state index < -0.39 is 0 Å². The van der Waals surface area contributed by atoms with Gasteiger partial charge in [-0.25, -0.2) is 0 Å². The molecule has 0 radical (unpaired) electrons. The van der Waals surface area contributed by atoms with Gasteiger partial charge in [0.1, 0.15) is 17.1 Å². The third kappa shape index (κ3) is 2.20. The Kier molecular flexibility index (Phi) is 2.85. The fourth-order valence-electron chi connectivity index (χ4n) is 2.70. The third-order valence-electron chi connectivity index (χ3n) is 3.63. The molecule has 3 heteroatoms. The number of ether oxygens (including phenoxy) is 2. The second kappa shape index (κ2) is 4.44. The second-order valence-corrected chi connectivity index (χ2v) is 5.82. The van der Waals surface area contributed by atoms with Crippen molar-refractivity contribution >= 4 is 5.69 Å². The monoisotopic (exact) mass is 269 g/mol. The van der Waals surface area contributed by atoms with Gasteiger partial charge in [0, 0.05) is 6.42 Å². The van der Waals surface area contributed by atoms with E-state index in [-0.39, 0.29) is 5.60 Å². The summed E-state index contributed by atoms with van der Waals surface area (Å²) in [6.07, 6.45) is 0.932. The number of methoxy groups -OCH3 is 1. The fourth-order valence-corrected chi connectivity index (χ4v) is 2.70. The highest BCUT2D eigenvalue weighted by molar-refractivity contribution is 5.72. The summed E-state index contributed by atoms with van der Waals surface area (Å²) in [4.78, 5) is 0. The van der Waals surface area contributed by atoms with E-state index in [1.165, 1.54) is 5.56 Å². The summed E-state index contributed by atoms with van der Waals surface area (Å²) < 4.78 is 11.1. The Labute approximate surface area is 119 Å². The number of fused-ring (bicyclic) bond motifs is 1. The lowest BCUT2D eigenvalue weighted by molar-refractivity contribution is 0.138. The van der Waals surface area contributed by atoms with E-state index in [2.05, 4.69) is 26.0 Å². The lowest BCUT2D eigenvalue weighted by atomic mass is 9.97. The maximum atomic E-state index is 5.98. The minimum Gasteiger partial charge on any atom is -0.495 e. The zero-order valence-electron chi connectivity index (χ0n) is 12.1. The van der Waals surface area contributed by atoms with Crippen molar-refractivity contribution in [2.24, 2.45) is 0 Å². The summed E-state index contributed by atoms with van der Waals surface area (Å²) in [7, 11) is 1.63. The molecule has 0 aliphatic carbocycles. The Hall–Kier alpha value is -2.16. The van der Waals surface area contributed by atoms with Gasteiger partial charge in [-0.05, 0) is 54.8 Å². The van der Waals surface area contributed by atoms with Gasteiger partial charge < -0.3 is 15.2 Å². The molecular weight excluding hydrogens is 250 g/mol. The molecule has 0 spiro atoms. The highest BCUT2D eigenvalue weighted by atomic mass is 16.5. The van der Waals surface area contributed by atoms with Crippen molar-refractivity contribution in [1.82, 2.24) is 0 Å². The van der Waals surface area contributed by atoms with Crippen LogP contribution in [0.1, 0.15) is 19.4 Å². The van der Waals surface area contributed by atoms with Gasteiger partial charge in [-0.15, -0.1) is 0 Å². The minimum atomic E-state index is -0.111. The number of benzene rings is 2. The summed E-state index contributed by atoms with van der Waals surface area (Å²) in [5, 5.41) is 0. The molecule has 0 fully saturated rings. The zero-order chi connectivity index (χ0) is 14.3. The van der Waals surface area contributed by atoms with Gasteiger partial charge in [-0.1, -0.05) is 12.1 Å². The highest BCUT2D eigenvalue weighted by Crippen LogP contribution is 2.38. The third-order valence-corrected chi connectivity index (χ3v) is 3.63. The first-order chi connectivity index (χ1) is 9.48. The SMILES string of the molecule is COc1ccc(-c2ccc3c(c2)CC(C)(C)O3)cc1N. The van der Waals surface area contributed by atoms with Gasteiger partial charge in [0.25, 0.3) is 0 Å². The van der Waals surface area contributed by atoms with E-state index in [4.69, 9.17) is 15.2 Å². The number of hydrogen-bond acceptors (Lipinski definition) is 3. The van der Waals surface area contributed by atoms with E-state index in [1.807, 2.05) is 24.3 Å². The van der Waals surface area contributed by atoms with Crippen LogP contribution >= 0.6 is 0 Å². The quantitative estimate of drug-likeness (QED) is 0.846. The molecule has 2 N–H and O–H groups in total. The van der Waals surface area contributed by atoms with Crippen LogP contribution in [0.15, 0.2) is 36.4 Å². The van der Waals surface area contributed by atoms with E-state index in [1.54, 1.807) is 7.11 Å². The molecule has 20 heavy (non-hydrogen) atoms. The largest absolute Gasteiger partial charge is 0.495 e. The first kappa shape index (κ1) is 12.9. The van der Waals surface area contributed by atoms with Crippen LogP contribution in [0.25, 0.3) is 11.1 Å². The maximum Gasteiger partial charge on any atom is 0.141 e. The minimum absolute atomic E-state index is 0.111. The molecule has 0 amide bonds. The van der Waals surface area contributed by atoms with Crippen LogP contribution in [0.5, 0.6) is 11.5 Å². The smallest absolute Gasteiger partial charge is 0.141 e. The van der Waals surface area contributed by atoms with E-state index >= 15 is 0 Å². The topological polar surface area (TPSA) is 44.5 Å². The van der Waals surface area contributed by atoms with Crippen LogP contribution in [0.3, 0.4) is 0 Å². The number of hydrogen-bond donors (Lipinski definition) is 1. The molecular formula is C17H19NO2. The van der Waals surface area contributed by atoms with Crippen LogP contribution in [0.2, 0.25) is 0 Å². The molecule has 1 aliphatic heterocycles. The normalized spacial score (nSPS) is 15.6. The molecule has 2 aromatic carbocycles. The maximum absolute atomic E-state index is 5.98. The second-order valence-electron chi connectivity index (χ2n) is 5.82. The predicted molar refractivity (Wildman–Crippen MR) is 81.3 cm³/mol. The summed E-state index contributed by atoms with van der Waals surface area (Å²) in [5.74, 6) is 1.69. The fraction of sp³-hybridized carbons (Fsp3) is 0.294. The van der Waals surface area contributed by atoms with E-state index in [9.17, 15) is 0 Å². The highest BCUT2D eigenvalue weighted by Gasteiger charge is 2.29. The van der Waals surface area contributed by atoms with Crippen molar-refractivity contribution in [2.75, 3.05) is 12.8 Å². The standard InChI is InChI=1S/C17H19NO2/c1-17(2)10-13-8-11(4-6-15(13)20-17)12-5-7-16(19-3)14(18)9-12/h4-9H,10,18H2,1-3H3. The summed E-state index contributed by atoms with van der Waals surface area (Å²) in [6.45, 7) is 4.22. The molecule has 0 saturated heterocycles. The predicted octanol–water partition coefficient (Wildman–Crippen LogP) is 3.66. The Morgan fingerprint density at radius 1 is 1.10 bits per heavy atom. The molecule has 0 bridgehead atoms. The average Bonchev–Trinajstić information content (AvgIpc) is 2.71. The molecule has 104 valence electrons. The number of anilines is 1. The van der Waals surface area contributed by atoms with Crippen LogP contribution in [-0.4, -0.2) is 12.7 Å². The average molecular weight is 269 g/mol. The van der Waals surface area contributed by atoms with Crippen LogP contribution < -0.4 is 15.2 Å². The van der Waals surface area contributed by atoms with Crippen molar-refractivity contribution in [2.45, 2.75) is 25.9 Å². The lowest BCUT2D eigenvalue weighted by Crippen LogP contribution is -2.24. The zero-order valence-corrected chi connectivity index (χ0v) is 12.1. The number of rotatable bonds is 2. The van der Waals surface area contributed by atoms with Crippen molar-refractivity contribution in [3.05, 3.63) is 42.0 Å². The molecule has 3 rings (SSSR count). The Morgan fingerprint density at radius 3 is 2.50 bits per heavy atom. The molecule has 0 unspecified atom stereocenters. The Bertz CT molecular complexity index is 662. The van der Waals surface area contributed by atoms with Crippen LogP contribution in [-0.2, 0) is 6.42 Å². The molecule has 3 nitrogen and oxygen atoms in total. The molecule has 1 heterocycles. The summed E-state index contributed by atoms with van der Waals surface area (Å²) >= 11 is 0. The van der Waals surface area contributed by atoms with Crippen LogP contribution in [0.4, 0.5) is 5.69 Å². The van der Waals surface area contributed by atoms with Gasteiger partial charge in [0.15, 0.2) is 0 Å². The summed E-state index contributed by atoms with van der Waals surface area (Å²) in [6, 6.07) is 12.2. The van der Waals surface area contributed by atoms with Crippen molar-refractivity contribution in [3.8, 4) is 22.6 Å². The molecule has 0 atom stereocenters. The van der Waals surface area contributed by atoms with Crippen molar-refractivity contribution in [1.29, 1.82) is 0 Å². The van der Waals surface area contributed by atoms with Gasteiger partial charge in [0.05, 0.1) is 12.8 Å². The van der Waals surface area contributed by atoms with Gasteiger partial charge in [-0.2, -0.15) is 0 Å². The van der Waals surface area contributed by atoms with Gasteiger partial charge in [0.2, 0.25) is 0 Å². The van der Waals surface area contributed by atoms with Crippen LogP contribution in [0, 0.1) is 0 Å². The van der Waals surface area contributed by atoms with Crippen molar-refractivity contribution < 1.29 is 9.47 Å². The Morgan fingerprint density at radius 2 is 1.80 bits per heavy atom. The van der Waals surface area contributed by atoms with E-state index in [0.717, 1.165) is 23.3 Å². The Balaban J connectivity index is 1.99. The molecule has 2 aromatic rings. The van der Waals surface area contributed by atoms with Gasteiger partial charge in [-0.3, -0.25) is 0 Å². The van der Waals surface area contributed by atoms with E-state index in [0.29, 0.717) is 11.4 Å². The number of nitrogens with two attached hydrogens (primary N) is 1. The first-order valence-electron chi connectivity index (χ1n) is 6.74. The van der Waals surface area contributed by atoms with Crippen molar-refractivity contribution in [3.63, 3.8) is 0 Å². The lowest BCUT2D eigenvalue weighted by Gasteiger charge is -2.16. The molecule has 1 aliphatic rings. The first-order valence-corrected chi connectivity index (χ1v) is 6.74. The molecule has 0 aromatic heterocycles. The van der Waals surface area contributed by atoms with Gasteiger partial charge >= 0.3 is 0 Å². The summed E-state index contributed by atoms with van der Waals surface area (Å²) in [5.41, 5.74) is 10.0. The number of nitrogen functional groups attached to an aromatic ring is 1. The molecule has 0 saturated carbocycles.